The maximum atomic E-state index is 12.2. The zero-order valence-corrected chi connectivity index (χ0v) is 15.5. The molecule has 0 aromatic heterocycles. The lowest BCUT2D eigenvalue weighted by molar-refractivity contribution is -0.118. The van der Waals surface area contributed by atoms with Gasteiger partial charge in [-0.15, -0.1) is 0 Å². The minimum atomic E-state index is -3.82. The van der Waals surface area contributed by atoms with Gasteiger partial charge in [0, 0.05) is 10.2 Å². The number of carbonyl (C=O) groups is 3. The van der Waals surface area contributed by atoms with Gasteiger partial charge in [-0.1, -0.05) is 15.9 Å². The third-order valence-electron chi connectivity index (χ3n) is 3.70. The number of halogens is 1. The summed E-state index contributed by atoms with van der Waals surface area (Å²) in [6.07, 6.45) is 0. The van der Waals surface area contributed by atoms with E-state index in [4.69, 9.17) is 5.14 Å². The number of hydrogen-bond donors (Lipinski definition) is 2. The summed E-state index contributed by atoms with van der Waals surface area (Å²) in [5.41, 5.74) is 0.925. The number of sulfonamides is 1. The third kappa shape index (κ3) is 3.52. The van der Waals surface area contributed by atoms with Crippen LogP contribution in [0, 0.1) is 0 Å². The van der Waals surface area contributed by atoms with Crippen LogP contribution in [0.1, 0.15) is 10.4 Å². The summed E-state index contributed by atoms with van der Waals surface area (Å²) in [7, 11) is -3.82. The number of nitrogens with one attached hydrogen (secondary N) is 1. The molecule has 26 heavy (non-hydrogen) atoms. The average Bonchev–Trinajstić information content (AvgIpc) is 2.79. The van der Waals surface area contributed by atoms with Gasteiger partial charge >= 0.3 is 0 Å². The van der Waals surface area contributed by atoms with Crippen LogP contribution < -0.4 is 15.4 Å². The Kier molecular flexibility index (Phi) is 4.65. The zero-order chi connectivity index (χ0) is 19.1. The summed E-state index contributed by atoms with van der Waals surface area (Å²) in [5, 5.41) is 7.54. The fourth-order valence-electron chi connectivity index (χ4n) is 2.50. The van der Waals surface area contributed by atoms with Crippen LogP contribution in [-0.2, 0) is 19.6 Å². The van der Waals surface area contributed by atoms with Gasteiger partial charge in [0.05, 0.1) is 16.1 Å². The van der Waals surface area contributed by atoms with Crippen molar-refractivity contribution >= 4 is 54.9 Å². The van der Waals surface area contributed by atoms with Crippen molar-refractivity contribution in [3.05, 3.63) is 52.5 Å². The van der Waals surface area contributed by atoms with Crippen molar-refractivity contribution in [3.8, 4) is 0 Å². The lowest BCUT2D eigenvalue weighted by Gasteiger charge is -2.16. The van der Waals surface area contributed by atoms with Crippen molar-refractivity contribution in [2.24, 2.45) is 5.14 Å². The van der Waals surface area contributed by atoms with Gasteiger partial charge in [0.15, 0.2) is 0 Å². The van der Waals surface area contributed by atoms with E-state index in [9.17, 15) is 22.8 Å². The Morgan fingerprint density at radius 2 is 1.77 bits per heavy atom. The molecule has 0 unspecified atom stereocenters. The molecule has 0 fully saturated rings. The fourth-order valence-corrected chi connectivity index (χ4v) is 3.38. The van der Waals surface area contributed by atoms with E-state index < -0.39 is 27.6 Å². The highest BCUT2D eigenvalue weighted by molar-refractivity contribution is 9.10. The van der Waals surface area contributed by atoms with Crippen LogP contribution in [0.4, 0.5) is 11.4 Å². The van der Waals surface area contributed by atoms with E-state index in [-0.39, 0.29) is 17.0 Å². The number of primary sulfonamides is 1. The molecular weight excluding hydrogens is 426 g/mol. The summed E-state index contributed by atoms with van der Waals surface area (Å²) in [4.78, 5) is 37.4. The maximum Gasteiger partial charge on any atom is 0.299 e. The zero-order valence-electron chi connectivity index (χ0n) is 13.1. The van der Waals surface area contributed by atoms with Crippen LogP contribution >= 0.6 is 15.9 Å². The number of nitrogens with zero attached hydrogens (tertiary/aromatic N) is 1. The van der Waals surface area contributed by atoms with E-state index in [1.165, 1.54) is 30.3 Å². The molecule has 0 saturated carbocycles. The lowest BCUT2D eigenvalue weighted by atomic mass is 10.1. The van der Waals surface area contributed by atoms with Gasteiger partial charge in [-0.05, 0) is 42.5 Å². The number of nitrogens with two attached hydrogens (primary N) is 1. The third-order valence-corrected chi connectivity index (χ3v) is 5.12. The van der Waals surface area contributed by atoms with E-state index in [0.29, 0.717) is 15.8 Å². The molecule has 2 amide bonds. The summed E-state index contributed by atoms with van der Waals surface area (Å²) in [6, 6.07) is 10.0. The van der Waals surface area contributed by atoms with Gasteiger partial charge in [0.2, 0.25) is 15.9 Å². The highest BCUT2D eigenvalue weighted by atomic mass is 79.9. The van der Waals surface area contributed by atoms with E-state index in [2.05, 4.69) is 21.2 Å². The topological polar surface area (TPSA) is 127 Å². The SMILES string of the molecule is NS(=O)(=O)c1ccc(NC(=O)CN2C(=O)C(=O)c3cc(Br)ccc32)cc1. The van der Waals surface area contributed by atoms with Crippen molar-refractivity contribution in [2.45, 2.75) is 4.90 Å². The second-order valence-corrected chi connectivity index (χ2v) is 7.98. The molecule has 2 aromatic carbocycles. The number of rotatable bonds is 4. The molecule has 0 spiro atoms. The molecule has 8 nitrogen and oxygen atoms in total. The first-order chi connectivity index (χ1) is 12.2. The fraction of sp³-hybridized carbons (Fsp3) is 0.0625. The highest BCUT2D eigenvalue weighted by Gasteiger charge is 2.36. The number of hydrogen-bond acceptors (Lipinski definition) is 5. The molecule has 1 aliphatic heterocycles. The monoisotopic (exact) mass is 437 g/mol. The van der Waals surface area contributed by atoms with Gasteiger partial charge in [0.1, 0.15) is 6.54 Å². The predicted octanol–water partition coefficient (Wildman–Crippen LogP) is 1.26. The van der Waals surface area contributed by atoms with E-state index in [1.807, 2.05) is 0 Å². The molecule has 0 aliphatic carbocycles. The molecule has 0 bridgehead atoms. The Morgan fingerprint density at radius 1 is 1.12 bits per heavy atom. The summed E-state index contributed by atoms with van der Waals surface area (Å²) in [5.74, 6) is -1.99. The number of fused-ring (bicyclic) bond motifs is 1. The highest BCUT2D eigenvalue weighted by Crippen LogP contribution is 2.31. The van der Waals surface area contributed by atoms with E-state index >= 15 is 0 Å². The molecule has 0 saturated heterocycles. The molecule has 0 atom stereocenters. The smallest absolute Gasteiger partial charge is 0.299 e. The van der Waals surface area contributed by atoms with Crippen LogP contribution in [-0.4, -0.2) is 32.6 Å². The van der Waals surface area contributed by atoms with Crippen molar-refractivity contribution in [2.75, 3.05) is 16.8 Å². The lowest BCUT2D eigenvalue weighted by Crippen LogP contribution is -2.37. The summed E-state index contributed by atoms with van der Waals surface area (Å²) >= 11 is 3.23. The molecule has 10 heteroatoms. The van der Waals surface area contributed by atoms with E-state index in [1.54, 1.807) is 12.1 Å². The number of amides is 2. The van der Waals surface area contributed by atoms with Gasteiger partial charge in [-0.2, -0.15) is 0 Å². The Balaban J connectivity index is 1.75. The second kappa shape index (κ2) is 6.63. The van der Waals surface area contributed by atoms with Crippen molar-refractivity contribution in [3.63, 3.8) is 0 Å². The molecular formula is C16H12BrN3O5S. The molecule has 134 valence electrons. The molecule has 3 rings (SSSR count). The Morgan fingerprint density at radius 3 is 2.38 bits per heavy atom. The number of Topliss-reactive ketones (excluding diaryl/α,β-unsaturated/α-hetero) is 1. The average molecular weight is 438 g/mol. The standard InChI is InChI=1S/C16H12BrN3O5S/c17-9-1-6-13-12(7-9)15(22)16(23)20(13)8-14(21)19-10-2-4-11(5-3-10)26(18,24)25/h1-7H,8H2,(H,19,21)(H2,18,24,25). The van der Waals surface area contributed by atoms with Crippen LogP contribution in [0.3, 0.4) is 0 Å². The minimum absolute atomic E-state index is 0.0877. The van der Waals surface area contributed by atoms with Crippen molar-refractivity contribution < 1.29 is 22.8 Å². The van der Waals surface area contributed by atoms with Gasteiger partial charge < -0.3 is 5.32 Å². The van der Waals surface area contributed by atoms with Gasteiger partial charge in [-0.25, -0.2) is 13.6 Å². The summed E-state index contributed by atoms with van der Waals surface area (Å²) < 4.78 is 23.1. The first-order valence-electron chi connectivity index (χ1n) is 7.25. The van der Waals surface area contributed by atoms with Crippen LogP contribution in [0.5, 0.6) is 0 Å². The van der Waals surface area contributed by atoms with Crippen molar-refractivity contribution in [1.29, 1.82) is 0 Å². The number of ketones is 1. The number of carbonyl (C=O) groups excluding carboxylic acids is 3. The summed E-state index contributed by atoms with van der Waals surface area (Å²) in [6.45, 7) is -0.351. The molecule has 1 aliphatic rings. The van der Waals surface area contributed by atoms with Crippen molar-refractivity contribution in [1.82, 2.24) is 0 Å². The second-order valence-electron chi connectivity index (χ2n) is 5.50. The molecule has 0 radical (unpaired) electrons. The Labute approximate surface area is 157 Å². The first-order valence-corrected chi connectivity index (χ1v) is 9.59. The van der Waals surface area contributed by atoms with E-state index in [0.717, 1.165) is 4.90 Å². The quantitative estimate of drug-likeness (QED) is 0.696. The Hall–Kier alpha value is -2.56. The van der Waals surface area contributed by atoms with Crippen LogP contribution in [0.2, 0.25) is 0 Å². The van der Waals surface area contributed by atoms with Gasteiger partial charge in [-0.3, -0.25) is 19.3 Å². The normalized spacial score (nSPS) is 13.7. The molecule has 3 N–H and O–H groups in total. The molecule has 1 heterocycles. The molecule has 2 aromatic rings. The minimum Gasteiger partial charge on any atom is -0.325 e. The number of anilines is 2. The maximum absolute atomic E-state index is 12.2. The van der Waals surface area contributed by atoms with Crippen LogP contribution in [0.15, 0.2) is 51.8 Å². The first kappa shape index (κ1) is 18.2. The van der Waals surface area contributed by atoms with Crippen LogP contribution in [0.25, 0.3) is 0 Å². The van der Waals surface area contributed by atoms with Gasteiger partial charge in [0.25, 0.3) is 11.7 Å². The number of benzene rings is 2. The predicted molar refractivity (Wildman–Crippen MR) is 97.3 cm³/mol. The largest absolute Gasteiger partial charge is 0.325 e. The Bertz CT molecular complexity index is 1030.